The molecular weight excluding hydrogens is 218 g/mol. The molecule has 1 aromatic carbocycles. The van der Waals surface area contributed by atoms with Crippen molar-refractivity contribution in [2.45, 2.75) is 11.1 Å². The summed E-state index contributed by atoms with van der Waals surface area (Å²) in [5.74, 6) is 0. The maximum absolute atomic E-state index is 10.1. The number of aliphatic hydroxyl groups excluding tert-OH is 1. The summed E-state index contributed by atoms with van der Waals surface area (Å²) in [6, 6.07) is 15.3. The molecule has 2 rings (SSSR count). The molecule has 1 N–H and O–H groups in total. The minimum atomic E-state index is -0.645. The molecule has 0 aliphatic rings. The van der Waals surface area contributed by atoms with Gasteiger partial charge in [-0.05, 0) is 24.0 Å². The van der Waals surface area contributed by atoms with E-state index in [2.05, 4.69) is 4.98 Å². The van der Waals surface area contributed by atoms with Gasteiger partial charge in [0.15, 0.2) is 0 Å². The highest BCUT2D eigenvalue weighted by Gasteiger charge is 2.11. The molecule has 2 aromatic rings. The molecule has 1 unspecified atom stereocenters. The van der Waals surface area contributed by atoms with Crippen molar-refractivity contribution in [2.24, 2.45) is 0 Å². The summed E-state index contributed by atoms with van der Waals surface area (Å²) in [6.45, 7) is 0. The molecule has 1 aromatic heterocycles. The fraction of sp³-hybridized carbons (Fsp3) is 0.154. The van der Waals surface area contributed by atoms with Gasteiger partial charge >= 0.3 is 0 Å². The molecule has 0 saturated heterocycles. The minimum Gasteiger partial charge on any atom is -0.382 e. The Bertz CT molecular complexity index is 458. The number of aliphatic hydroxyl groups is 1. The van der Waals surface area contributed by atoms with Crippen LogP contribution in [0.15, 0.2) is 53.6 Å². The molecule has 0 radical (unpaired) electrons. The highest BCUT2D eigenvalue weighted by Crippen LogP contribution is 2.21. The van der Waals surface area contributed by atoms with Crippen molar-refractivity contribution in [1.29, 1.82) is 0 Å². The van der Waals surface area contributed by atoms with Gasteiger partial charge in [0.1, 0.15) is 6.10 Å². The quantitative estimate of drug-likeness (QED) is 0.824. The van der Waals surface area contributed by atoms with E-state index in [-0.39, 0.29) is 0 Å². The second-order valence-corrected chi connectivity index (χ2v) is 4.24. The number of thioether (sulfide) groups is 1. The van der Waals surface area contributed by atoms with Gasteiger partial charge in [0.25, 0.3) is 0 Å². The summed E-state index contributed by atoms with van der Waals surface area (Å²) in [4.78, 5) is 4.38. The molecule has 0 spiro atoms. The molecule has 3 heteroatoms. The molecule has 0 aliphatic carbocycles. The Morgan fingerprint density at radius 1 is 1.06 bits per heavy atom. The van der Waals surface area contributed by atoms with Gasteiger partial charge in [0.2, 0.25) is 0 Å². The van der Waals surface area contributed by atoms with Gasteiger partial charge in [-0.15, -0.1) is 11.8 Å². The lowest BCUT2D eigenvalue weighted by molar-refractivity contribution is 0.214. The van der Waals surface area contributed by atoms with E-state index in [9.17, 15) is 5.11 Å². The number of hydrogen-bond donors (Lipinski definition) is 1. The van der Waals surface area contributed by atoms with Gasteiger partial charge in [-0.3, -0.25) is 0 Å². The SMILES string of the molecule is CSc1cccc(C(O)c2ccccc2)n1. The summed E-state index contributed by atoms with van der Waals surface area (Å²) in [5.41, 5.74) is 1.56. The van der Waals surface area contributed by atoms with E-state index >= 15 is 0 Å². The van der Waals surface area contributed by atoms with E-state index in [1.807, 2.05) is 54.8 Å². The monoisotopic (exact) mass is 231 g/mol. The number of pyridine rings is 1. The molecule has 1 heterocycles. The first-order chi connectivity index (χ1) is 7.81. The zero-order chi connectivity index (χ0) is 11.4. The molecule has 0 bridgehead atoms. The van der Waals surface area contributed by atoms with E-state index in [0.29, 0.717) is 5.69 Å². The number of hydrogen-bond acceptors (Lipinski definition) is 3. The van der Waals surface area contributed by atoms with Crippen LogP contribution in [0.5, 0.6) is 0 Å². The van der Waals surface area contributed by atoms with Crippen LogP contribution in [0.1, 0.15) is 17.4 Å². The summed E-state index contributed by atoms with van der Waals surface area (Å²) < 4.78 is 0. The van der Waals surface area contributed by atoms with Crippen molar-refractivity contribution in [3.8, 4) is 0 Å². The van der Waals surface area contributed by atoms with E-state index in [4.69, 9.17) is 0 Å². The maximum Gasteiger partial charge on any atom is 0.121 e. The van der Waals surface area contributed by atoms with Crippen molar-refractivity contribution in [3.05, 3.63) is 59.8 Å². The number of benzene rings is 1. The number of aromatic nitrogens is 1. The largest absolute Gasteiger partial charge is 0.382 e. The minimum absolute atomic E-state index is 0.645. The standard InChI is InChI=1S/C13H13NOS/c1-16-12-9-5-8-11(14-12)13(15)10-6-3-2-4-7-10/h2-9,13,15H,1H3. The topological polar surface area (TPSA) is 33.1 Å². The van der Waals surface area contributed by atoms with Gasteiger partial charge < -0.3 is 5.11 Å². The van der Waals surface area contributed by atoms with Crippen LogP contribution in [0.25, 0.3) is 0 Å². The smallest absolute Gasteiger partial charge is 0.121 e. The van der Waals surface area contributed by atoms with Gasteiger partial charge in [-0.1, -0.05) is 36.4 Å². The fourth-order valence-corrected chi connectivity index (χ4v) is 1.91. The third-order valence-corrected chi connectivity index (χ3v) is 3.00. The molecule has 1 atom stereocenters. The number of rotatable bonds is 3. The van der Waals surface area contributed by atoms with Gasteiger partial charge in [0.05, 0.1) is 10.7 Å². The summed E-state index contributed by atoms with van der Waals surface area (Å²) in [6.07, 6.45) is 1.33. The van der Waals surface area contributed by atoms with Gasteiger partial charge in [-0.2, -0.15) is 0 Å². The van der Waals surface area contributed by atoms with Crippen LogP contribution in [-0.4, -0.2) is 16.3 Å². The van der Waals surface area contributed by atoms with E-state index in [1.54, 1.807) is 11.8 Å². The molecule has 2 nitrogen and oxygen atoms in total. The third-order valence-electron chi connectivity index (χ3n) is 2.35. The Hall–Kier alpha value is -1.32. The van der Waals surface area contributed by atoms with Crippen LogP contribution in [0.3, 0.4) is 0 Å². The fourth-order valence-electron chi connectivity index (χ4n) is 1.50. The first kappa shape index (κ1) is 11.2. The Balaban J connectivity index is 2.30. The summed E-state index contributed by atoms with van der Waals surface area (Å²) in [7, 11) is 0. The Morgan fingerprint density at radius 2 is 1.81 bits per heavy atom. The molecule has 0 amide bonds. The van der Waals surface area contributed by atoms with Crippen LogP contribution in [0.2, 0.25) is 0 Å². The van der Waals surface area contributed by atoms with Crippen molar-refractivity contribution < 1.29 is 5.11 Å². The lowest BCUT2D eigenvalue weighted by Gasteiger charge is -2.10. The average molecular weight is 231 g/mol. The molecule has 82 valence electrons. The first-order valence-corrected chi connectivity index (χ1v) is 6.27. The highest BCUT2D eigenvalue weighted by atomic mass is 32.2. The lowest BCUT2D eigenvalue weighted by Crippen LogP contribution is -2.02. The Morgan fingerprint density at radius 3 is 2.50 bits per heavy atom. The molecular formula is C13H13NOS. The Labute approximate surface area is 99.4 Å². The molecule has 0 saturated carbocycles. The van der Waals surface area contributed by atoms with Crippen molar-refractivity contribution in [3.63, 3.8) is 0 Å². The van der Waals surface area contributed by atoms with Crippen molar-refractivity contribution in [1.82, 2.24) is 4.98 Å². The summed E-state index contributed by atoms with van der Waals surface area (Å²) >= 11 is 1.57. The Kier molecular flexibility index (Phi) is 3.59. The van der Waals surface area contributed by atoms with Crippen molar-refractivity contribution >= 4 is 11.8 Å². The predicted molar refractivity (Wildman–Crippen MR) is 66.5 cm³/mol. The van der Waals surface area contributed by atoms with E-state index in [1.165, 1.54) is 0 Å². The summed E-state index contributed by atoms with van der Waals surface area (Å²) in [5, 5.41) is 11.1. The van der Waals surface area contributed by atoms with Crippen LogP contribution in [0, 0.1) is 0 Å². The van der Waals surface area contributed by atoms with E-state index < -0.39 is 6.10 Å². The second-order valence-electron chi connectivity index (χ2n) is 3.42. The molecule has 0 fully saturated rings. The second kappa shape index (κ2) is 5.14. The maximum atomic E-state index is 10.1. The van der Waals surface area contributed by atoms with Crippen molar-refractivity contribution in [2.75, 3.05) is 6.26 Å². The van der Waals surface area contributed by atoms with Crippen LogP contribution < -0.4 is 0 Å². The number of nitrogens with zero attached hydrogens (tertiary/aromatic N) is 1. The molecule has 16 heavy (non-hydrogen) atoms. The predicted octanol–water partition coefficient (Wildman–Crippen LogP) is 2.89. The zero-order valence-corrected chi connectivity index (χ0v) is 9.82. The normalized spacial score (nSPS) is 12.4. The van der Waals surface area contributed by atoms with Gasteiger partial charge in [0, 0.05) is 0 Å². The van der Waals surface area contributed by atoms with Crippen LogP contribution in [-0.2, 0) is 0 Å². The molecule has 0 aliphatic heterocycles. The van der Waals surface area contributed by atoms with Gasteiger partial charge in [-0.25, -0.2) is 4.98 Å². The highest BCUT2D eigenvalue weighted by molar-refractivity contribution is 7.98. The lowest BCUT2D eigenvalue weighted by atomic mass is 10.1. The van der Waals surface area contributed by atoms with Crippen LogP contribution >= 0.6 is 11.8 Å². The van der Waals surface area contributed by atoms with E-state index in [0.717, 1.165) is 10.6 Å². The third kappa shape index (κ3) is 2.43. The first-order valence-electron chi connectivity index (χ1n) is 5.05. The zero-order valence-electron chi connectivity index (χ0n) is 9.00. The average Bonchev–Trinajstić information content (AvgIpc) is 2.39. The van der Waals surface area contributed by atoms with Crippen LogP contribution in [0.4, 0.5) is 0 Å².